The molecule has 1 atom stereocenters. The van der Waals surface area contributed by atoms with Crippen LogP contribution in [-0.4, -0.2) is 31.1 Å². The van der Waals surface area contributed by atoms with Crippen molar-refractivity contribution in [1.82, 2.24) is 4.90 Å². The van der Waals surface area contributed by atoms with E-state index in [1.807, 2.05) is 6.07 Å². The summed E-state index contributed by atoms with van der Waals surface area (Å²) in [5.41, 5.74) is 1.16. The van der Waals surface area contributed by atoms with E-state index >= 15 is 0 Å². The highest BCUT2D eigenvalue weighted by Crippen LogP contribution is 2.30. The lowest BCUT2D eigenvalue weighted by atomic mass is 10.0. The predicted molar refractivity (Wildman–Crippen MR) is 80.6 cm³/mol. The highest BCUT2D eigenvalue weighted by Gasteiger charge is 2.18. The first-order valence-corrected chi connectivity index (χ1v) is 7.65. The van der Waals surface area contributed by atoms with Gasteiger partial charge >= 0.3 is 0 Å². The van der Waals surface area contributed by atoms with Crippen molar-refractivity contribution >= 4 is 37.5 Å². The van der Waals surface area contributed by atoms with E-state index < -0.39 is 0 Å². The van der Waals surface area contributed by atoms with Crippen molar-refractivity contribution in [3.63, 3.8) is 0 Å². The molecule has 4 heteroatoms. The molecule has 0 spiro atoms. The normalized spacial score (nSPS) is 21.5. The molecule has 1 saturated heterocycles. The molecule has 2 rings (SSSR count). The van der Waals surface area contributed by atoms with Crippen LogP contribution in [0.3, 0.4) is 0 Å². The van der Waals surface area contributed by atoms with Gasteiger partial charge in [0.2, 0.25) is 0 Å². The topological polar surface area (TPSA) is 15.3 Å². The Morgan fingerprint density at radius 1 is 1.29 bits per heavy atom. The van der Waals surface area contributed by atoms with Gasteiger partial charge in [0, 0.05) is 21.5 Å². The first-order chi connectivity index (χ1) is 8.18. The summed E-state index contributed by atoms with van der Waals surface area (Å²) in [4.78, 5) is 2.46. The van der Waals surface area contributed by atoms with Crippen LogP contribution in [-0.2, 0) is 0 Å². The van der Waals surface area contributed by atoms with Crippen molar-refractivity contribution in [3.05, 3.63) is 27.1 Å². The molecule has 2 nitrogen and oxygen atoms in total. The smallest absolute Gasteiger partial charge is 0.0629 e. The fourth-order valence-electron chi connectivity index (χ4n) is 2.29. The van der Waals surface area contributed by atoms with Gasteiger partial charge in [0.05, 0.1) is 5.69 Å². The third-order valence-corrected chi connectivity index (χ3v) is 4.72. The Labute approximate surface area is 120 Å². The maximum absolute atomic E-state index is 3.58. The molecule has 0 saturated carbocycles. The number of rotatable bonds is 3. The van der Waals surface area contributed by atoms with Crippen LogP contribution in [0, 0.1) is 0 Å². The molecule has 0 amide bonds. The van der Waals surface area contributed by atoms with Gasteiger partial charge in [0.15, 0.2) is 0 Å². The first kappa shape index (κ1) is 13.4. The van der Waals surface area contributed by atoms with E-state index in [1.165, 1.54) is 25.8 Å². The highest BCUT2D eigenvalue weighted by molar-refractivity contribution is 9.11. The second kappa shape index (κ2) is 6.21. The number of likely N-dealkylation sites (tertiary alicyclic amines) is 1. The molecule has 17 heavy (non-hydrogen) atoms. The lowest BCUT2D eigenvalue weighted by Crippen LogP contribution is -2.40. The van der Waals surface area contributed by atoms with Crippen LogP contribution >= 0.6 is 31.9 Å². The third-order valence-electron chi connectivity index (χ3n) is 3.40. The Morgan fingerprint density at radius 3 is 2.65 bits per heavy atom. The zero-order valence-corrected chi connectivity index (χ0v) is 13.2. The minimum atomic E-state index is 0.655. The van der Waals surface area contributed by atoms with Crippen LogP contribution in [0.1, 0.15) is 19.3 Å². The van der Waals surface area contributed by atoms with Crippen LogP contribution in [0.15, 0.2) is 27.1 Å². The van der Waals surface area contributed by atoms with E-state index in [-0.39, 0.29) is 0 Å². The number of likely N-dealkylation sites (N-methyl/N-ethyl adjacent to an activating group) is 1. The number of hydrogen-bond acceptors (Lipinski definition) is 2. The molecular weight excluding hydrogens is 344 g/mol. The maximum atomic E-state index is 3.58. The maximum Gasteiger partial charge on any atom is 0.0629 e. The van der Waals surface area contributed by atoms with Crippen LogP contribution < -0.4 is 5.32 Å². The minimum absolute atomic E-state index is 0.655. The fourth-order valence-corrected chi connectivity index (χ4v) is 3.57. The number of nitrogens with one attached hydrogen (secondary N) is 1. The highest BCUT2D eigenvalue weighted by atomic mass is 79.9. The Kier molecular flexibility index (Phi) is 4.88. The minimum Gasteiger partial charge on any atom is -0.382 e. The molecule has 0 radical (unpaired) electrons. The van der Waals surface area contributed by atoms with Gasteiger partial charge in [0.25, 0.3) is 0 Å². The molecule has 0 aliphatic carbocycles. The summed E-state index contributed by atoms with van der Waals surface area (Å²) < 4.78 is 2.23. The molecule has 1 aromatic rings. The molecule has 1 aromatic carbocycles. The molecule has 1 N–H and O–H groups in total. The molecule has 94 valence electrons. The second-order valence-electron chi connectivity index (χ2n) is 4.61. The van der Waals surface area contributed by atoms with Crippen molar-refractivity contribution in [1.29, 1.82) is 0 Å². The number of para-hydroxylation sites is 1. The zero-order chi connectivity index (χ0) is 12.3. The van der Waals surface area contributed by atoms with Gasteiger partial charge in [-0.3, -0.25) is 0 Å². The molecular formula is C13H18Br2N2. The predicted octanol–water partition coefficient (Wildman–Crippen LogP) is 4.11. The summed E-state index contributed by atoms with van der Waals surface area (Å²) in [5.74, 6) is 0. The molecule has 1 aliphatic rings. The Bertz CT molecular complexity index is 361. The van der Waals surface area contributed by atoms with E-state index in [2.05, 4.69) is 61.3 Å². The van der Waals surface area contributed by atoms with Gasteiger partial charge in [-0.05, 0) is 70.4 Å². The van der Waals surface area contributed by atoms with Gasteiger partial charge in [-0.2, -0.15) is 0 Å². The Hall–Kier alpha value is -0.0600. The van der Waals surface area contributed by atoms with Crippen LogP contribution in [0.5, 0.6) is 0 Å². The molecule has 0 aromatic heterocycles. The fraction of sp³-hybridized carbons (Fsp3) is 0.538. The van der Waals surface area contributed by atoms with Crippen molar-refractivity contribution in [2.24, 2.45) is 0 Å². The van der Waals surface area contributed by atoms with E-state index in [4.69, 9.17) is 0 Å². The molecule has 1 heterocycles. The molecule has 0 bridgehead atoms. The monoisotopic (exact) mass is 360 g/mol. The number of nitrogens with zero attached hydrogens (tertiary/aromatic N) is 1. The average molecular weight is 362 g/mol. The lowest BCUT2D eigenvalue weighted by Gasteiger charge is -2.33. The van der Waals surface area contributed by atoms with Crippen molar-refractivity contribution in [2.75, 3.05) is 25.5 Å². The average Bonchev–Trinajstić information content (AvgIpc) is 2.30. The van der Waals surface area contributed by atoms with Gasteiger partial charge in [-0.25, -0.2) is 0 Å². The summed E-state index contributed by atoms with van der Waals surface area (Å²) in [6.07, 6.45) is 3.99. The molecule has 1 unspecified atom stereocenters. The number of piperidine rings is 1. The Balaban J connectivity index is 1.97. The van der Waals surface area contributed by atoms with Gasteiger partial charge in [-0.1, -0.05) is 12.5 Å². The van der Waals surface area contributed by atoms with Gasteiger partial charge in [0.1, 0.15) is 0 Å². The standard InChI is InChI=1S/C13H18Br2N2/c1-17-8-3-2-5-10(17)9-16-13-11(14)6-4-7-12(13)15/h4,6-7,10,16H,2-3,5,8-9H2,1H3. The summed E-state index contributed by atoms with van der Waals surface area (Å²) in [6.45, 7) is 2.24. The van der Waals surface area contributed by atoms with E-state index in [1.54, 1.807) is 0 Å². The molecule has 1 fully saturated rings. The quantitative estimate of drug-likeness (QED) is 0.871. The SMILES string of the molecule is CN1CCCCC1CNc1c(Br)cccc1Br. The van der Waals surface area contributed by atoms with Crippen LogP contribution in [0.2, 0.25) is 0 Å². The van der Waals surface area contributed by atoms with Crippen LogP contribution in [0.25, 0.3) is 0 Å². The van der Waals surface area contributed by atoms with E-state index in [0.717, 1.165) is 21.2 Å². The van der Waals surface area contributed by atoms with Crippen molar-refractivity contribution in [2.45, 2.75) is 25.3 Å². The first-order valence-electron chi connectivity index (χ1n) is 6.06. The number of halogens is 2. The van der Waals surface area contributed by atoms with Crippen molar-refractivity contribution < 1.29 is 0 Å². The largest absolute Gasteiger partial charge is 0.382 e. The second-order valence-corrected chi connectivity index (χ2v) is 6.32. The number of benzene rings is 1. The lowest BCUT2D eigenvalue weighted by molar-refractivity contribution is 0.194. The summed E-state index contributed by atoms with van der Waals surface area (Å²) >= 11 is 7.16. The summed E-state index contributed by atoms with van der Waals surface area (Å²) in [7, 11) is 2.22. The zero-order valence-electron chi connectivity index (χ0n) is 10.0. The Morgan fingerprint density at radius 2 is 2.00 bits per heavy atom. The van der Waals surface area contributed by atoms with Gasteiger partial charge in [-0.15, -0.1) is 0 Å². The van der Waals surface area contributed by atoms with Gasteiger partial charge < -0.3 is 10.2 Å². The number of anilines is 1. The summed E-state index contributed by atoms with van der Waals surface area (Å²) in [5, 5.41) is 3.55. The molecule has 1 aliphatic heterocycles. The van der Waals surface area contributed by atoms with Crippen molar-refractivity contribution in [3.8, 4) is 0 Å². The number of hydrogen-bond donors (Lipinski definition) is 1. The van der Waals surface area contributed by atoms with Crippen LogP contribution in [0.4, 0.5) is 5.69 Å². The van der Waals surface area contributed by atoms with E-state index in [9.17, 15) is 0 Å². The third kappa shape index (κ3) is 3.46. The summed E-state index contributed by atoms with van der Waals surface area (Å²) in [6, 6.07) is 6.82. The van der Waals surface area contributed by atoms with E-state index in [0.29, 0.717) is 6.04 Å².